The van der Waals surface area contributed by atoms with Crippen molar-refractivity contribution < 1.29 is 14.3 Å². The van der Waals surface area contributed by atoms with Crippen molar-refractivity contribution in [2.75, 3.05) is 12.1 Å². The number of hydrogen-bond acceptors (Lipinski definition) is 5. The summed E-state index contributed by atoms with van der Waals surface area (Å²) in [5.74, 6) is 1.43. The Morgan fingerprint density at radius 1 is 1.14 bits per heavy atom. The van der Waals surface area contributed by atoms with Gasteiger partial charge in [0.25, 0.3) is 5.91 Å². The van der Waals surface area contributed by atoms with E-state index in [1.165, 1.54) is 0 Å². The highest BCUT2D eigenvalue weighted by molar-refractivity contribution is 6.01. The molecule has 0 saturated heterocycles. The number of ether oxygens (including phenoxy) is 2. The first-order valence-electron chi connectivity index (χ1n) is 9.18. The number of fused-ring (bicyclic) bond motifs is 2. The molecule has 3 heterocycles. The summed E-state index contributed by atoms with van der Waals surface area (Å²) in [6.07, 6.45) is -0.313. The quantitative estimate of drug-likeness (QED) is 0.731. The number of benzene rings is 2. The van der Waals surface area contributed by atoms with Crippen LogP contribution in [0.1, 0.15) is 39.0 Å². The highest BCUT2D eigenvalue weighted by atomic mass is 16.7. The Morgan fingerprint density at radius 3 is 2.79 bits per heavy atom. The summed E-state index contributed by atoms with van der Waals surface area (Å²) in [7, 11) is 0. The Kier molecular flexibility index (Phi) is 3.75. The van der Waals surface area contributed by atoms with Crippen LogP contribution in [0.25, 0.3) is 0 Å². The lowest BCUT2D eigenvalue weighted by Crippen LogP contribution is -2.42. The molecule has 7 heteroatoms. The third kappa shape index (κ3) is 2.58. The monoisotopic (exact) mass is 376 g/mol. The first-order chi connectivity index (χ1) is 13.6. The maximum Gasteiger partial charge on any atom is 0.258 e. The molecular formula is C21H20N4O3. The van der Waals surface area contributed by atoms with Crippen LogP contribution in [0, 0.1) is 13.8 Å². The lowest BCUT2D eigenvalue weighted by Gasteiger charge is -2.38. The van der Waals surface area contributed by atoms with Crippen molar-refractivity contribution in [2.45, 2.75) is 26.6 Å². The molecule has 5 rings (SSSR count). The van der Waals surface area contributed by atoms with E-state index in [2.05, 4.69) is 15.5 Å². The number of carbonyl (C=O) groups is 1. The van der Waals surface area contributed by atoms with Crippen LogP contribution in [0.2, 0.25) is 0 Å². The van der Waals surface area contributed by atoms with Crippen LogP contribution in [-0.2, 0) is 6.54 Å². The summed E-state index contributed by atoms with van der Waals surface area (Å²) in [4.78, 5) is 15.2. The van der Waals surface area contributed by atoms with Crippen molar-refractivity contribution >= 4 is 11.6 Å². The number of rotatable bonds is 3. The van der Waals surface area contributed by atoms with Crippen LogP contribution in [0.5, 0.6) is 11.5 Å². The zero-order valence-corrected chi connectivity index (χ0v) is 15.7. The molecule has 1 atom stereocenters. The average Bonchev–Trinajstić information content (AvgIpc) is 3.30. The van der Waals surface area contributed by atoms with E-state index in [4.69, 9.17) is 9.47 Å². The Balaban J connectivity index is 1.57. The second-order valence-corrected chi connectivity index (χ2v) is 7.06. The third-order valence-corrected chi connectivity index (χ3v) is 5.27. The molecule has 7 nitrogen and oxygen atoms in total. The van der Waals surface area contributed by atoms with E-state index in [-0.39, 0.29) is 18.9 Å². The number of H-pyrrole nitrogens is 1. The van der Waals surface area contributed by atoms with Gasteiger partial charge in [0.15, 0.2) is 11.5 Å². The van der Waals surface area contributed by atoms with Crippen molar-refractivity contribution in [3.8, 4) is 11.5 Å². The normalized spacial score (nSPS) is 17.4. The molecule has 2 aromatic carbocycles. The number of carbonyl (C=O) groups excluding carboxylic acids is 1. The maximum absolute atomic E-state index is 13.4. The molecule has 0 bridgehead atoms. The Hall–Kier alpha value is -3.48. The molecule has 0 saturated carbocycles. The molecule has 1 aromatic heterocycles. The number of nitrogens with zero attached hydrogens (tertiary/aromatic N) is 2. The first-order valence-corrected chi connectivity index (χ1v) is 9.18. The van der Waals surface area contributed by atoms with Gasteiger partial charge in [-0.05, 0) is 43.7 Å². The summed E-state index contributed by atoms with van der Waals surface area (Å²) in [5.41, 5.74) is 5.28. The first kappa shape index (κ1) is 16.7. The molecule has 142 valence electrons. The van der Waals surface area contributed by atoms with Gasteiger partial charge in [0.1, 0.15) is 6.17 Å². The zero-order valence-electron chi connectivity index (χ0n) is 15.7. The lowest BCUT2D eigenvalue weighted by atomic mass is 10.0. The molecule has 2 aliphatic rings. The molecular weight excluding hydrogens is 356 g/mol. The fraction of sp³-hybridized carbons (Fsp3) is 0.238. The third-order valence-electron chi connectivity index (χ3n) is 5.27. The average molecular weight is 376 g/mol. The SMILES string of the molecule is Cc1n[nH]c(C)c1[C@H]1Nc2ccccc2C(=O)N1Cc1ccc2c(c1)OCO2. The number of aryl methyl sites for hydroxylation is 2. The molecule has 0 radical (unpaired) electrons. The predicted molar refractivity (Wildman–Crippen MR) is 103 cm³/mol. The Morgan fingerprint density at radius 2 is 1.96 bits per heavy atom. The van der Waals surface area contributed by atoms with E-state index in [0.29, 0.717) is 17.9 Å². The molecule has 28 heavy (non-hydrogen) atoms. The number of aromatic nitrogens is 2. The summed E-state index contributed by atoms with van der Waals surface area (Å²) < 4.78 is 10.9. The summed E-state index contributed by atoms with van der Waals surface area (Å²) in [6.45, 7) is 4.59. The van der Waals surface area contributed by atoms with Gasteiger partial charge in [0.2, 0.25) is 6.79 Å². The van der Waals surface area contributed by atoms with Crippen molar-refractivity contribution in [1.29, 1.82) is 0 Å². The fourth-order valence-corrected chi connectivity index (χ4v) is 3.88. The van der Waals surface area contributed by atoms with Gasteiger partial charge in [0.05, 0.1) is 11.3 Å². The van der Waals surface area contributed by atoms with Gasteiger partial charge < -0.3 is 19.7 Å². The Bertz CT molecular complexity index is 1060. The van der Waals surface area contributed by atoms with Crippen LogP contribution in [-0.4, -0.2) is 27.8 Å². The molecule has 0 aliphatic carbocycles. The van der Waals surface area contributed by atoms with E-state index in [1.54, 1.807) is 0 Å². The van der Waals surface area contributed by atoms with Crippen LogP contribution in [0.3, 0.4) is 0 Å². The van der Waals surface area contributed by atoms with Gasteiger partial charge in [-0.1, -0.05) is 18.2 Å². The Labute approximate surface area is 162 Å². The standard InChI is InChI=1S/C21H20N4O3/c1-12-19(13(2)24-23-12)20-22-16-6-4-3-5-15(16)21(26)25(20)10-14-7-8-17-18(9-14)28-11-27-17/h3-9,20,22H,10-11H2,1-2H3,(H,23,24)/t20-/m0/s1. The van der Waals surface area contributed by atoms with Crippen LogP contribution in [0.15, 0.2) is 42.5 Å². The zero-order chi connectivity index (χ0) is 19.3. The van der Waals surface area contributed by atoms with Gasteiger partial charge in [-0.3, -0.25) is 9.89 Å². The number of hydrogen-bond donors (Lipinski definition) is 2. The minimum absolute atomic E-state index is 0.0167. The van der Waals surface area contributed by atoms with Gasteiger partial charge in [-0.15, -0.1) is 0 Å². The summed E-state index contributed by atoms with van der Waals surface area (Å²) in [6, 6.07) is 13.4. The smallest absolute Gasteiger partial charge is 0.258 e. The van der Waals surface area contributed by atoms with Crippen LogP contribution < -0.4 is 14.8 Å². The maximum atomic E-state index is 13.4. The van der Waals surface area contributed by atoms with E-state index in [1.807, 2.05) is 61.2 Å². The number of aromatic amines is 1. The van der Waals surface area contributed by atoms with Crippen molar-refractivity contribution in [3.63, 3.8) is 0 Å². The van der Waals surface area contributed by atoms with Crippen LogP contribution >= 0.6 is 0 Å². The van der Waals surface area contributed by atoms with Gasteiger partial charge in [-0.25, -0.2) is 0 Å². The minimum atomic E-state index is -0.313. The molecule has 2 N–H and O–H groups in total. The van der Waals surface area contributed by atoms with Crippen LogP contribution in [0.4, 0.5) is 5.69 Å². The fourth-order valence-electron chi connectivity index (χ4n) is 3.88. The van der Waals surface area contributed by atoms with Gasteiger partial charge in [0, 0.05) is 23.5 Å². The number of anilines is 1. The minimum Gasteiger partial charge on any atom is -0.454 e. The van der Waals surface area contributed by atoms with E-state index < -0.39 is 0 Å². The molecule has 0 unspecified atom stereocenters. The predicted octanol–water partition coefficient (Wildman–Crippen LogP) is 3.52. The summed E-state index contributed by atoms with van der Waals surface area (Å²) in [5, 5.41) is 10.9. The summed E-state index contributed by atoms with van der Waals surface area (Å²) >= 11 is 0. The van der Waals surface area contributed by atoms with Crippen molar-refractivity contribution in [2.24, 2.45) is 0 Å². The van der Waals surface area contributed by atoms with E-state index >= 15 is 0 Å². The number of para-hydroxylation sites is 1. The molecule has 0 fully saturated rings. The molecule has 3 aromatic rings. The second-order valence-electron chi connectivity index (χ2n) is 7.06. The topological polar surface area (TPSA) is 79.5 Å². The second kappa shape index (κ2) is 6.30. The van der Waals surface area contributed by atoms with Gasteiger partial charge >= 0.3 is 0 Å². The molecule has 0 spiro atoms. The largest absolute Gasteiger partial charge is 0.454 e. The lowest BCUT2D eigenvalue weighted by molar-refractivity contribution is 0.0665. The highest BCUT2D eigenvalue weighted by Gasteiger charge is 2.35. The number of nitrogens with one attached hydrogen (secondary N) is 2. The van der Waals surface area contributed by atoms with E-state index in [9.17, 15) is 4.79 Å². The highest BCUT2D eigenvalue weighted by Crippen LogP contribution is 2.38. The van der Waals surface area contributed by atoms with Gasteiger partial charge in [-0.2, -0.15) is 5.10 Å². The molecule has 2 aliphatic heterocycles. The van der Waals surface area contributed by atoms with Crippen molar-refractivity contribution in [3.05, 3.63) is 70.5 Å². The molecule has 1 amide bonds. The van der Waals surface area contributed by atoms with E-state index in [0.717, 1.165) is 34.0 Å². The number of amides is 1. The van der Waals surface area contributed by atoms with Crippen molar-refractivity contribution in [1.82, 2.24) is 15.1 Å².